The molecule has 3 rings (SSSR count). The Morgan fingerprint density at radius 2 is 1.69 bits per heavy atom. The second-order valence-corrected chi connectivity index (χ2v) is 8.84. The van der Waals surface area contributed by atoms with E-state index in [1.165, 1.54) is 41.3 Å². The highest BCUT2D eigenvalue weighted by Crippen LogP contribution is 2.28. The highest BCUT2D eigenvalue weighted by Gasteiger charge is 2.24. The smallest absolute Gasteiger partial charge is 0.254 e. The normalized spacial score (nSPS) is 10.6. The number of nitrogens with zero attached hydrogens (tertiary/aromatic N) is 4. The van der Waals surface area contributed by atoms with Gasteiger partial charge in [-0.1, -0.05) is 40.9 Å². The molecule has 0 bridgehead atoms. The molecule has 0 aliphatic rings. The molecule has 0 spiro atoms. The van der Waals surface area contributed by atoms with Crippen molar-refractivity contribution in [2.24, 2.45) is 0 Å². The predicted octanol–water partition coefficient (Wildman–Crippen LogP) is 4.95. The van der Waals surface area contributed by atoms with Gasteiger partial charge in [0.1, 0.15) is 0 Å². The van der Waals surface area contributed by atoms with Gasteiger partial charge in [0.15, 0.2) is 5.82 Å². The number of carbonyl (C=O) groups is 3. The Kier molecular flexibility index (Phi) is 8.67. The Balaban J connectivity index is 1.95. The molecular formula is C24H21Cl3N4O4. The maximum atomic E-state index is 13.3. The number of benzene rings is 2. The van der Waals surface area contributed by atoms with Gasteiger partial charge in [-0.3, -0.25) is 14.4 Å². The summed E-state index contributed by atoms with van der Waals surface area (Å²) in [6.45, 7) is 0.0687. The molecule has 8 nitrogen and oxygen atoms in total. The number of carbonyl (C=O) groups excluding carboxylic acids is 3. The Morgan fingerprint density at radius 1 is 0.943 bits per heavy atom. The summed E-state index contributed by atoms with van der Waals surface area (Å²) in [5, 5.41) is 0.853. The zero-order valence-electron chi connectivity index (χ0n) is 19.1. The third-order valence-electron chi connectivity index (χ3n) is 4.93. The number of rotatable bonds is 8. The molecule has 0 saturated carbocycles. The van der Waals surface area contributed by atoms with Gasteiger partial charge in [-0.15, -0.1) is 0 Å². The Labute approximate surface area is 217 Å². The van der Waals surface area contributed by atoms with E-state index in [9.17, 15) is 14.4 Å². The first-order valence-corrected chi connectivity index (χ1v) is 11.4. The fourth-order valence-corrected chi connectivity index (χ4v) is 3.71. The zero-order valence-corrected chi connectivity index (χ0v) is 21.4. The van der Waals surface area contributed by atoms with E-state index in [2.05, 4.69) is 9.97 Å². The van der Waals surface area contributed by atoms with Crippen LogP contribution in [-0.4, -0.2) is 53.7 Å². The van der Waals surface area contributed by atoms with Crippen molar-refractivity contribution < 1.29 is 19.1 Å². The second kappa shape index (κ2) is 11.5. The lowest BCUT2D eigenvalue weighted by atomic mass is 10.1. The Morgan fingerprint density at radius 3 is 2.31 bits per heavy atom. The van der Waals surface area contributed by atoms with Crippen LogP contribution in [0.5, 0.6) is 5.88 Å². The van der Waals surface area contributed by atoms with Crippen molar-refractivity contribution in [3.05, 3.63) is 80.7 Å². The molecule has 2 amide bonds. The summed E-state index contributed by atoms with van der Waals surface area (Å²) in [6.07, 6.45) is 0.863. The van der Waals surface area contributed by atoms with E-state index in [0.717, 1.165) is 0 Å². The first-order chi connectivity index (χ1) is 16.6. The van der Waals surface area contributed by atoms with E-state index in [1.807, 2.05) is 0 Å². The molecule has 0 saturated heterocycles. The number of hydrogen-bond acceptors (Lipinski definition) is 6. The van der Waals surface area contributed by atoms with Crippen molar-refractivity contribution in [1.82, 2.24) is 14.9 Å². The number of amides is 2. The van der Waals surface area contributed by atoms with Crippen LogP contribution in [0, 0.1) is 0 Å². The maximum absolute atomic E-state index is 13.3. The zero-order chi connectivity index (χ0) is 25.7. The lowest BCUT2D eigenvalue weighted by molar-refractivity contribution is -0.117. The fraction of sp³-hybridized carbons (Fsp3) is 0.208. The van der Waals surface area contributed by atoms with Gasteiger partial charge < -0.3 is 14.5 Å². The SMILES string of the molecule is COc1ccnc(C(=O)CC(=O)N(Cc2ccc(Cl)c(Cl)c2)c2ccc(C(=O)N(C)C)c(Cl)c2)n1. The van der Waals surface area contributed by atoms with Crippen LogP contribution in [0.15, 0.2) is 48.7 Å². The monoisotopic (exact) mass is 534 g/mol. The molecule has 0 aliphatic heterocycles. The highest BCUT2D eigenvalue weighted by atomic mass is 35.5. The third-order valence-corrected chi connectivity index (χ3v) is 5.98. The van der Waals surface area contributed by atoms with E-state index < -0.39 is 18.1 Å². The minimum Gasteiger partial charge on any atom is -0.481 e. The van der Waals surface area contributed by atoms with Crippen molar-refractivity contribution in [2.75, 3.05) is 26.1 Å². The third kappa shape index (κ3) is 6.48. The molecule has 0 atom stereocenters. The molecule has 0 aliphatic carbocycles. The van der Waals surface area contributed by atoms with Crippen LogP contribution in [0.2, 0.25) is 15.1 Å². The molecule has 0 fully saturated rings. The van der Waals surface area contributed by atoms with Crippen molar-refractivity contribution >= 4 is 58.1 Å². The van der Waals surface area contributed by atoms with E-state index in [0.29, 0.717) is 21.3 Å². The molecule has 3 aromatic rings. The number of methoxy groups -OCH3 is 1. The van der Waals surface area contributed by atoms with Gasteiger partial charge in [-0.05, 0) is 35.9 Å². The standard InChI is InChI=1S/C24H21Cl3N4O4/c1-30(2)24(34)16-6-5-15(11-18(16)26)31(13-14-4-7-17(25)19(27)10-14)22(33)12-20(32)23-28-9-8-21(29-23)35-3/h4-11H,12-13H2,1-3H3. The van der Waals surface area contributed by atoms with E-state index >= 15 is 0 Å². The molecule has 1 heterocycles. The number of anilines is 1. The van der Waals surface area contributed by atoms with Gasteiger partial charge in [-0.2, -0.15) is 4.98 Å². The van der Waals surface area contributed by atoms with Crippen LogP contribution in [0.3, 0.4) is 0 Å². The summed E-state index contributed by atoms with van der Waals surface area (Å²) in [5.74, 6) is -1.34. The summed E-state index contributed by atoms with van der Waals surface area (Å²) >= 11 is 18.5. The van der Waals surface area contributed by atoms with Gasteiger partial charge in [0.05, 0.1) is 40.7 Å². The van der Waals surface area contributed by atoms with E-state index in [-0.39, 0.29) is 34.7 Å². The summed E-state index contributed by atoms with van der Waals surface area (Å²) in [4.78, 5) is 49.1. The number of Topliss-reactive ketones (excluding diaryl/α,β-unsaturated/α-hetero) is 1. The Hall–Kier alpha value is -3.20. The molecule has 2 aromatic carbocycles. The molecule has 0 radical (unpaired) electrons. The summed E-state index contributed by atoms with van der Waals surface area (Å²) in [6, 6.07) is 11.1. The maximum Gasteiger partial charge on any atom is 0.254 e. The average molecular weight is 536 g/mol. The van der Waals surface area contributed by atoms with Crippen molar-refractivity contribution in [1.29, 1.82) is 0 Å². The van der Waals surface area contributed by atoms with Crippen molar-refractivity contribution in [2.45, 2.75) is 13.0 Å². The first kappa shape index (κ1) is 26.4. The van der Waals surface area contributed by atoms with Gasteiger partial charge in [0.25, 0.3) is 5.91 Å². The molecular weight excluding hydrogens is 515 g/mol. The number of hydrogen-bond donors (Lipinski definition) is 0. The van der Waals surface area contributed by atoms with Crippen LogP contribution in [0.4, 0.5) is 5.69 Å². The van der Waals surface area contributed by atoms with Gasteiger partial charge in [-0.25, -0.2) is 4.98 Å². The van der Waals surface area contributed by atoms with E-state index in [1.54, 1.807) is 38.4 Å². The Bertz CT molecular complexity index is 1280. The minimum atomic E-state index is -0.585. The predicted molar refractivity (Wildman–Crippen MR) is 135 cm³/mol. The molecule has 0 N–H and O–H groups in total. The number of ketones is 1. The molecule has 1 aromatic heterocycles. The average Bonchev–Trinajstić information content (AvgIpc) is 2.84. The quantitative estimate of drug-likeness (QED) is 0.299. The summed E-state index contributed by atoms with van der Waals surface area (Å²) < 4.78 is 5.02. The van der Waals surface area contributed by atoms with Crippen molar-refractivity contribution in [3.8, 4) is 5.88 Å². The van der Waals surface area contributed by atoms with E-state index in [4.69, 9.17) is 39.5 Å². The van der Waals surface area contributed by atoms with Crippen LogP contribution in [0.1, 0.15) is 33.0 Å². The highest BCUT2D eigenvalue weighted by molar-refractivity contribution is 6.42. The summed E-state index contributed by atoms with van der Waals surface area (Å²) in [7, 11) is 4.63. The fourth-order valence-electron chi connectivity index (χ4n) is 3.13. The number of aromatic nitrogens is 2. The number of halogens is 3. The molecule has 35 heavy (non-hydrogen) atoms. The number of ether oxygens (including phenoxy) is 1. The molecule has 0 unspecified atom stereocenters. The van der Waals surface area contributed by atoms with Gasteiger partial charge in [0, 0.05) is 32.0 Å². The van der Waals surface area contributed by atoms with Crippen LogP contribution in [-0.2, 0) is 11.3 Å². The second-order valence-electron chi connectivity index (χ2n) is 7.61. The lowest BCUT2D eigenvalue weighted by Gasteiger charge is -2.24. The first-order valence-electron chi connectivity index (χ1n) is 10.3. The van der Waals surface area contributed by atoms with Gasteiger partial charge in [0.2, 0.25) is 17.6 Å². The minimum absolute atomic E-state index is 0.0687. The van der Waals surface area contributed by atoms with Gasteiger partial charge >= 0.3 is 0 Å². The molecule has 11 heteroatoms. The summed E-state index contributed by atoms with van der Waals surface area (Å²) in [5.41, 5.74) is 1.34. The van der Waals surface area contributed by atoms with Crippen molar-refractivity contribution in [3.63, 3.8) is 0 Å². The van der Waals surface area contributed by atoms with Crippen LogP contribution < -0.4 is 9.64 Å². The largest absolute Gasteiger partial charge is 0.481 e. The van der Waals surface area contributed by atoms with Crippen LogP contribution >= 0.6 is 34.8 Å². The van der Waals surface area contributed by atoms with Crippen LogP contribution in [0.25, 0.3) is 0 Å². The lowest BCUT2D eigenvalue weighted by Crippen LogP contribution is -2.32. The topological polar surface area (TPSA) is 92.7 Å². The molecule has 182 valence electrons.